The van der Waals surface area contributed by atoms with Crippen LogP contribution in [-0.4, -0.2) is 32.0 Å². The molecule has 1 unspecified atom stereocenters. The number of ether oxygens (including phenoxy) is 3. The zero-order valence-electron chi connectivity index (χ0n) is 12.7. The zero-order chi connectivity index (χ0) is 15.3. The lowest BCUT2D eigenvalue weighted by Gasteiger charge is -2.25. The fraction of sp³-hybridized carbons (Fsp3) is 0.600. The molecule has 1 aromatic rings. The molecule has 5 heteroatoms. The Balaban J connectivity index is 2.91. The Labute approximate surface area is 125 Å². The first-order chi connectivity index (χ1) is 9.36. The summed E-state index contributed by atoms with van der Waals surface area (Å²) in [6, 6.07) is 3.50. The normalized spacial score (nSPS) is 13.2. The SMILES string of the molecule is COc1ccc(C(O)CCC(C)(C)OC)c(Cl)c1OC. The quantitative estimate of drug-likeness (QED) is 0.836. The second kappa shape index (κ2) is 7.16. The molecular formula is C15H23ClO4. The van der Waals surface area contributed by atoms with Gasteiger partial charge in [-0.1, -0.05) is 17.7 Å². The smallest absolute Gasteiger partial charge is 0.179 e. The highest BCUT2D eigenvalue weighted by Crippen LogP contribution is 2.40. The summed E-state index contributed by atoms with van der Waals surface area (Å²) in [4.78, 5) is 0. The minimum absolute atomic E-state index is 0.274. The van der Waals surface area contributed by atoms with Crippen LogP contribution >= 0.6 is 11.6 Å². The van der Waals surface area contributed by atoms with Crippen molar-refractivity contribution in [3.8, 4) is 11.5 Å². The topological polar surface area (TPSA) is 47.9 Å². The number of hydrogen-bond acceptors (Lipinski definition) is 4. The molecule has 114 valence electrons. The summed E-state index contributed by atoms with van der Waals surface area (Å²) in [5.74, 6) is 0.988. The van der Waals surface area contributed by atoms with Gasteiger partial charge in [0.2, 0.25) is 0 Å². The van der Waals surface area contributed by atoms with E-state index in [4.69, 9.17) is 25.8 Å². The van der Waals surface area contributed by atoms with Gasteiger partial charge < -0.3 is 19.3 Å². The number of rotatable bonds is 7. The third-order valence-corrected chi connectivity index (χ3v) is 3.84. The summed E-state index contributed by atoms with van der Waals surface area (Å²) < 4.78 is 15.8. The summed E-state index contributed by atoms with van der Waals surface area (Å²) >= 11 is 6.28. The van der Waals surface area contributed by atoms with Gasteiger partial charge in [0.1, 0.15) is 0 Å². The molecule has 0 saturated heterocycles. The van der Waals surface area contributed by atoms with E-state index in [-0.39, 0.29) is 5.60 Å². The van der Waals surface area contributed by atoms with E-state index in [0.29, 0.717) is 28.5 Å². The van der Waals surface area contributed by atoms with E-state index in [1.54, 1.807) is 26.4 Å². The summed E-state index contributed by atoms with van der Waals surface area (Å²) in [5.41, 5.74) is 0.362. The highest BCUT2D eigenvalue weighted by Gasteiger charge is 2.22. The van der Waals surface area contributed by atoms with Crippen molar-refractivity contribution in [2.45, 2.75) is 38.4 Å². The molecule has 0 aromatic heterocycles. The largest absolute Gasteiger partial charge is 0.493 e. The maximum Gasteiger partial charge on any atom is 0.179 e. The van der Waals surface area contributed by atoms with E-state index >= 15 is 0 Å². The van der Waals surface area contributed by atoms with Gasteiger partial charge in [-0.3, -0.25) is 0 Å². The van der Waals surface area contributed by atoms with Gasteiger partial charge in [-0.2, -0.15) is 0 Å². The third-order valence-electron chi connectivity index (χ3n) is 3.45. The molecule has 1 aromatic carbocycles. The second-order valence-corrected chi connectivity index (χ2v) is 5.60. The van der Waals surface area contributed by atoms with Gasteiger partial charge in [-0.25, -0.2) is 0 Å². The molecule has 0 radical (unpaired) electrons. The van der Waals surface area contributed by atoms with Crippen molar-refractivity contribution in [3.05, 3.63) is 22.7 Å². The lowest BCUT2D eigenvalue weighted by molar-refractivity contribution is 0.00278. The van der Waals surface area contributed by atoms with Gasteiger partial charge >= 0.3 is 0 Å². The van der Waals surface area contributed by atoms with Crippen LogP contribution in [0.3, 0.4) is 0 Å². The molecule has 4 nitrogen and oxygen atoms in total. The summed E-state index contributed by atoms with van der Waals surface area (Å²) in [6.07, 6.45) is 0.600. The van der Waals surface area contributed by atoms with E-state index < -0.39 is 6.10 Å². The Morgan fingerprint density at radius 3 is 2.35 bits per heavy atom. The first-order valence-corrected chi connectivity index (χ1v) is 6.87. The molecule has 0 aliphatic rings. The molecule has 0 amide bonds. The molecule has 1 atom stereocenters. The molecule has 0 bridgehead atoms. The molecule has 0 spiro atoms. The van der Waals surface area contributed by atoms with Gasteiger partial charge in [0, 0.05) is 12.7 Å². The second-order valence-electron chi connectivity index (χ2n) is 5.22. The fourth-order valence-electron chi connectivity index (χ4n) is 1.90. The van der Waals surface area contributed by atoms with Crippen molar-refractivity contribution in [1.82, 2.24) is 0 Å². The Bertz CT molecular complexity index is 446. The molecule has 0 saturated carbocycles. The predicted octanol–water partition coefficient (Wildman–Crippen LogP) is 3.60. The van der Waals surface area contributed by atoms with Crippen molar-refractivity contribution in [2.75, 3.05) is 21.3 Å². The predicted molar refractivity (Wildman–Crippen MR) is 79.8 cm³/mol. The van der Waals surface area contributed by atoms with E-state index in [1.807, 2.05) is 13.8 Å². The van der Waals surface area contributed by atoms with Crippen LogP contribution in [0.25, 0.3) is 0 Å². The van der Waals surface area contributed by atoms with Gasteiger partial charge in [0.15, 0.2) is 11.5 Å². The number of benzene rings is 1. The maximum atomic E-state index is 10.3. The monoisotopic (exact) mass is 302 g/mol. The molecule has 1 N–H and O–H groups in total. The maximum absolute atomic E-state index is 10.3. The lowest BCUT2D eigenvalue weighted by atomic mass is 9.96. The third kappa shape index (κ3) is 4.01. The van der Waals surface area contributed by atoms with Crippen LogP contribution in [0.4, 0.5) is 0 Å². The minimum Gasteiger partial charge on any atom is -0.493 e. The fourth-order valence-corrected chi connectivity index (χ4v) is 2.26. The van der Waals surface area contributed by atoms with Crippen LogP contribution in [0.5, 0.6) is 11.5 Å². The van der Waals surface area contributed by atoms with Crippen LogP contribution in [0.1, 0.15) is 38.4 Å². The van der Waals surface area contributed by atoms with Crippen LogP contribution in [-0.2, 0) is 4.74 Å². The molecule has 0 fully saturated rings. The Kier molecular flexibility index (Phi) is 6.11. The number of methoxy groups -OCH3 is 3. The first kappa shape index (κ1) is 17.1. The first-order valence-electron chi connectivity index (χ1n) is 6.50. The van der Waals surface area contributed by atoms with Crippen molar-refractivity contribution < 1.29 is 19.3 Å². The Hall–Kier alpha value is -0.970. The van der Waals surface area contributed by atoms with Gasteiger partial charge in [0.05, 0.1) is 30.9 Å². The Morgan fingerprint density at radius 2 is 1.85 bits per heavy atom. The van der Waals surface area contributed by atoms with E-state index in [9.17, 15) is 5.11 Å². The Morgan fingerprint density at radius 1 is 1.20 bits per heavy atom. The molecule has 0 heterocycles. The van der Waals surface area contributed by atoms with E-state index in [1.165, 1.54) is 7.11 Å². The molecule has 0 aliphatic heterocycles. The molecular weight excluding hydrogens is 280 g/mol. The van der Waals surface area contributed by atoms with Crippen molar-refractivity contribution in [3.63, 3.8) is 0 Å². The average molecular weight is 303 g/mol. The number of halogens is 1. The van der Waals surface area contributed by atoms with Crippen LogP contribution in [0.2, 0.25) is 5.02 Å². The zero-order valence-corrected chi connectivity index (χ0v) is 13.5. The van der Waals surface area contributed by atoms with Crippen LogP contribution in [0, 0.1) is 0 Å². The number of aliphatic hydroxyl groups excluding tert-OH is 1. The van der Waals surface area contributed by atoms with Gasteiger partial charge in [0.25, 0.3) is 0 Å². The molecule has 20 heavy (non-hydrogen) atoms. The van der Waals surface area contributed by atoms with Crippen LogP contribution in [0.15, 0.2) is 12.1 Å². The number of aliphatic hydroxyl groups is 1. The number of hydrogen-bond donors (Lipinski definition) is 1. The highest BCUT2D eigenvalue weighted by atomic mass is 35.5. The highest BCUT2D eigenvalue weighted by molar-refractivity contribution is 6.33. The minimum atomic E-state index is -0.670. The standard InChI is InChI=1S/C15H23ClO4/c1-15(2,20-5)9-8-11(17)10-6-7-12(18-3)14(19-4)13(10)16/h6-7,11,17H,8-9H2,1-5H3. The summed E-state index contributed by atoms with van der Waals surface area (Å²) in [5, 5.41) is 10.7. The average Bonchev–Trinajstić information content (AvgIpc) is 2.44. The molecule has 0 aliphatic carbocycles. The van der Waals surface area contributed by atoms with E-state index in [2.05, 4.69) is 0 Å². The molecule has 1 rings (SSSR count). The lowest BCUT2D eigenvalue weighted by Crippen LogP contribution is -2.23. The van der Waals surface area contributed by atoms with Crippen molar-refractivity contribution in [1.29, 1.82) is 0 Å². The van der Waals surface area contributed by atoms with Gasteiger partial charge in [-0.15, -0.1) is 0 Å². The van der Waals surface area contributed by atoms with E-state index in [0.717, 1.165) is 6.42 Å². The van der Waals surface area contributed by atoms with Crippen molar-refractivity contribution >= 4 is 11.6 Å². The van der Waals surface area contributed by atoms with Crippen LogP contribution < -0.4 is 9.47 Å². The summed E-state index contributed by atoms with van der Waals surface area (Å²) in [6.45, 7) is 3.96. The van der Waals surface area contributed by atoms with Gasteiger partial charge in [-0.05, 0) is 32.8 Å². The van der Waals surface area contributed by atoms with Crippen molar-refractivity contribution in [2.24, 2.45) is 0 Å². The summed E-state index contributed by atoms with van der Waals surface area (Å²) in [7, 11) is 4.73.